The molecule has 0 saturated heterocycles. The van der Waals surface area contributed by atoms with Gasteiger partial charge in [-0.1, -0.05) is 48.9 Å². The van der Waals surface area contributed by atoms with Gasteiger partial charge in [0, 0.05) is 34.9 Å². The van der Waals surface area contributed by atoms with E-state index in [-0.39, 0.29) is 27.8 Å². The van der Waals surface area contributed by atoms with Crippen molar-refractivity contribution in [2.24, 2.45) is 5.92 Å². The molecule has 3 aliphatic rings. The molecular weight excluding hydrogens is 498 g/mol. The lowest BCUT2D eigenvalue weighted by molar-refractivity contribution is -0.136. The molecule has 192 valence electrons. The van der Waals surface area contributed by atoms with Crippen LogP contribution < -0.4 is 19.5 Å². The van der Waals surface area contributed by atoms with Gasteiger partial charge >= 0.3 is 5.97 Å². The normalized spacial score (nSPS) is 24.4. The van der Waals surface area contributed by atoms with Crippen molar-refractivity contribution in [1.29, 1.82) is 0 Å². The number of Topliss-reactive ketones (excluding diaryl/α,β-unsaturated/α-hetero) is 2. The maximum Gasteiger partial charge on any atom is 0.336 e. The quantitative estimate of drug-likeness (QED) is 0.466. The van der Waals surface area contributed by atoms with Crippen LogP contribution in [-0.2, 0) is 14.3 Å². The Morgan fingerprint density at radius 1 is 1.08 bits per heavy atom. The topological polar surface area (TPSA) is 100 Å². The molecule has 3 atom stereocenters. The van der Waals surface area contributed by atoms with Crippen molar-refractivity contribution in [2.75, 3.05) is 21.3 Å². The van der Waals surface area contributed by atoms with Crippen LogP contribution in [0.1, 0.15) is 42.1 Å². The smallest absolute Gasteiger partial charge is 0.336 e. The molecule has 0 saturated carbocycles. The number of carbonyl (C=O) groups excluding carboxylic acids is 3. The third kappa shape index (κ3) is 3.39. The van der Waals surface area contributed by atoms with Crippen LogP contribution in [0.2, 0.25) is 5.02 Å². The van der Waals surface area contributed by atoms with E-state index in [9.17, 15) is 14.4 Å². The summed E-state index contributed by atoms with van der Waals surface area (Å²) in [6, 6.07) is 10.7. The molecule has 0 bridgehead atoms. The summed E-state index contributed by atoms with van der Waals surface area (Å²) in [4.78, 5) is 41.6. The second-order valence-corrected chi connectivity index (χ2v) is 9.67. The molecule has 2 heterocycles. The second kappa shape index (κ2) is 8.95. The Labute approximate surface area is 219 Å². The van der Waals surface area contributed by atoms with Gasteiger partial charge in [-0.25, -0.2) is 4.79 Å². The van der Waals surface area contributed by atoms with Crippen LogP contribution >= 0.6 is 11.6 Å². The predicted molar refractivity (Wildman–Crippen MR) is 135 cm³/mol. The van der Waals surface area contributed by atoms with E-state index < -0.39 is 35.0 Å². The summed E-state index contributed by atoms with van der Waals surface area (Å²) >= 11 is 6.55. The standard InChI is InChI=1S/C28H26ClNO7/c1-13-11-16-21(20(15-9-7-6-8-10-15)19(14(2)30-16)27(33)36-5)25(31)28(13)26(32)22-17(34-3)12-18(35-4)23(29)24(22)37-28/h6-10,12-13,20,30H,11H2,1-5H3/t13-,20?,28+/m1/s1. The first-order valence-corrected chi connectivity index (χ1v) is 12.2. The first kappa shape index (κ1) is 24.9. The van der Waals surface area contributed by atoms with Crippen molar-refractivity contribution in [2.45, 2.75) is 31.8 Å². The molecule has 9 heteroatoms. The van der Waals surface area contributed by atoms with Crippen molar-refractivity contribution in [1.82, 2.24) is 5.32 Å². The highest BCUT2D eigenvalue weighted by Gasteiger charge is 2.63. The molecule has 37 heavy (non-hydrogen) atoms. The van der Waals surface area contributed by atoms with Crippen molar-refractivity contribution < 1.29 is 33.3 Å². The van der Waals surface area contributed by atoms with Gasteiger partial charge < -0.3 is 24.3 Å². The number of methoxy groups -OCH3 is 3. The van der Waals surface area contributed by atoms with E-state index in [0.717, 1.165) is 5.56 Å². The molecule has 1 aliphatic carbocycles. The summed E-state index contributed by atoms with van der Waals surface area (Å²) in [5, 5.41) is 3.32. The maximum atomic E-state index is 14.6. The summed E-state index contributed by atoms with van der Waals surface area (Å²) in [6.45, 7) is 3.56. The number of rotatable bonds is 4. The molecule has 1 unspecified atom stereocenters. The first-order valence-electron chi connectivity index (χ1n) is 11.8. The fraction of sp³-hybridized carbons (Fsp3) is 0.321. The third-order valence-corrected chi connectivity index (χ3v) is 7.75. The van der Waals surface area contributed by atoms with E-state index in [1.165, 1.54) is 27.4 Å². The minimum atomic E-state index is -1.88. The SMILES string of the molecule is COC(=O)C1=C(C)NC2=C(C(=O)[C@@]3(Oc4c(Cl)c(OC)cc(OC)c4C3=O)[C@H](C)C2)C1c1ccccc1. The molecule has 8 nitrogen and oxygen atoms in total. The highest BCUT2D eigenvalue weighted by Crippen LogP contribution is 2.56. The fourth-order valence-corrected chi connectivity index (χ4v) is 5.90. The average Bonchev–Trinajstić information content (AvgIpc) is 3.22. The number of carbonyl (C=O) groups is 3. The van der Waals surface area contributed by atoms with Crippen molar-refractivity contribution >= 4 is 29.1 Å². The Hall–Kier alpha value is -3.78. The van der Waals surface area contributed by atoms with Gasteiger partial charge in [0.15, 0.2) is 5.75 Å². The third-order valence-electron chi connectivity index (χ3n) is 7.39. The largest absolute Gasteiger partial charge is 0.496 e. The number of fused-ring (bicyclic) bond motifs is 1. The van der Waals surface area contributed by atoms with Crippen LogP contribution in [0.15, 0.2) is 58.9 Å². The van der Waals surface area contributed by atoms with Gasteiger partial charge in [0.05, 0.1) is 26.9 Å². The minimum absolute atomic E-state index is 0.0482. The maximum absolute atomic E-state index is 14.6. The Bertz CT molecular complexity index is 1410. The second-order valence-electron chi connectivity index (χ2n) is 9.29. The highest BCUT2D eigenvalue weighted by atomic mass is 35.5. The van der Waals surface area contributed by atoms with E-state index in [1.807, 2.05) is 30.3 Å². The van der Waals surface area contributed by atoms with E-state index in [2.05, 4.69) is 5.32 Å². The highest BCUT2D eigenvalue weighted by molar-refractivity contribution is 6.36. The number of hydrogen-bond donors (Lipinski definition) is 1. The Balaban J connectivity index is 1.71. The molecule has 2 aromatic rings. The first-order chi connectivity index (χ1) is 17.7. The van der Waals surface area contributed by atoms with Gasteiger partial charge in [-0.2, -0.15) is 0 Å². The van der Waals surface area contributed by atoms with Gasteiger partial charge in [-0.15, -0.1) is 0 Å². The summed E-state index contributed by atoms with van der Waals surface area (Å²) in [7, 11) is 4.15. The molecule has 2 aliphatic heterocycles. The zero-order valence-corrected chi connectivity index (χ0v) is 21.8. The zero-order valence-electron chi connectivity index (χ0n) is 21.1. The number of ketones is 2. The molecule has 1 spiro atoms. The zero-order chi connectivity index (χ0) is 26.6. The summed E-state index contributed by atoms with van der Waals surface area (Å²) < 4.78 is 22.2. The van der Waals surface area contributed by atoms with Crippen molar-refractivity contribution in [3.63, 3.8) is 0 Å². The van der Waals surface area contributed by atoms with Crippen LogP contribution in [-0.4, -0.2) is 44.5 Å². The molecule has 2 aromatic carbocycles. The predicted octanol–water partition coefficient (Wildman–Crippen LogP) is 4.37. The van der Waals surface area contributed by atoms with E-state index in [4.69, 9.17) is 30.5 Å². The van der Waals surface area contributed by atoms with Gasteiger partial charge in [-0.3, -0.25) is 9.59 Å². The molecule has 0 fully saturated rings. The Morgan fingerprint density at radius 3 is 2.38 bits per heavy atom. The Kier molecular flexibility index (Phi) is 6.02. The number of allylic oxidation sites excluding steroid dienone is 2. The molecule has 0 amide bonds. The van der Waals surface area contributed by atoms with Gasteiger partial charge in [0.2, 0.25) is 17.2 Å². The van der Waals surface area contributed by atoms with Gasteiger partial charge in [0.25, 0.3) is 0 Å². The Morgan fingerprint density at radius 2 is 1.76 bits per heavy atom. The fourth-order valence-electron chi connectivity index (χ4n) is 5.63. The lowest BCUT2D eigenvalue weighted by Crippen LogP contribution is -2.58. The van der Waals surface area contributed by atoms with Crippen LogP contribution in [0, 0.1) is 5.92 Å². The van der Waals surface area contributed by atoms with Crippen LogP contribution in [0.3, 0.4) is 0 Å². The summed E-state index contributed by atoms with van der Waals surface area (Å²) in [5.74, 6) is -2.44. The number of hydrogen-bond acceptors (Lipinski definition) is 8. The number of ether oxygens (including phenoxy) is 4. The molecule has 0 radical (unpaired) electrons. The van der Waals surface area contributed by atoms with Gasteiger partial charge in [-0.05, 0) is 18.9 Å². The number of esters is 1. The number of nitrogens with one attached hydrogen (secondary N) is 1. The molecule has 0 aromatic heterocycles. The van der Waals surface area contributed by atoms with Crippen LogP contribution in [0.5, 0.6) is 17.2 Å². The lowest BCUT2D eigenvalue weighted by atomic mass is 9.65. The van der Waals surface area contributed by atoms with E-state index in [0.29, 0.717) is 29.0 Å². The molecule has 5 rings (SSSR count). The van der Waals surface area contributed by atoms with Crippen LogP contribution in [0.4, 0.5) is 0 Å². The lowest BCUT2D eigenvalue weighted by Gasteiger charge is -2.42. The van der Waals surface area contributed by atoms with Crippen molar-refractivity contribution in [3.8, 4) is 17.2 Å². The molecular formula is C28H26ClNO7. The number of dihydropyridines is 1. The summed E-state index contributed by atoms with van der Waals surface area (Å²) in [5.41, 5.74) is 0.749. The summed E-state index contributed by atoms with van der Waals surface area (Å²) in [6.07, 6.45) is 0.326. The average molecular weight is 524 g/mol. The molecule has 1 N–H and O–H groups in total. The monoisotopic (exact) mass is 523 g/mol. The van der Waals surface area contributed by atoms with E-state index in [1.54, 1.807) is 13.8 Å². The van der Waals surface area contributed by atoms with Crippen molar-refractivity contribution in [3.05, 3.63) is 75.1 Å². The number of halogens is 1. The van der Waals surface area contributed by atoms with Crippen LogP contribution in [0.25, 0.3) is 0 Å². The van der Waals surface area contributed by atoms with E-state index >= 15 is 0 Å². The number of benzene rings is 2. The minimum Gasteiger partial charge on any atom is -0.496 e. The van der Waals surface area contributed by atoms with Gasteiger partial charge in [0.1, 0.15) is 22.1 Å².